The standard InChI is InChI=1S/C15H20ClFN2O2/c1-3-4-8-19(11(2)20)9-7-15(21)18-12-5-6-14(17)13(16)10-12/h5-6,10H,3-4,7-9H2,1-2H3,(H,18,21). The molecule has 1 N–H and O–H groups in total. The maximum atomic E-state index is 13.0. The minimum Gasteiger partial charge on any atom is -0.342 e. The van der Waals surface area contributed by atoms with Crippen molar-refractivity contribution in [2.45, 2.75) is 33.1 Å². The summed E-state index contributed by atoms with van der Waals surface area (Å²) in [6.45, 7) is 4.56. The molecule has 0 saturated heterocycles. The predicted octanol–water partition coefficient (Wildman–Crippen LogP) is 3.46. The second-order valence-electron chi connectivity index (χ2n) is 4.79. The van der Waals surface area contributed by atoms with Crippen LogP contribution in [-0.2, 0) is 9.59 Å². The van der Waals surface area contributed by atoms with Gasteiger partial charge in [0.1, 0.15) is 5.82 Å². The van der Waals surface area contributed by atoms with E-state index >= 15 is 0 Å². The third kappa shape index (κ3) is 6.12. The van der Waals surface area contributed by atoms with E-state index in [-0.39, 0.29) is 23.3 Å². The van der Waals surface area contributed by atoms with Gasteiger partial charge in [-0.25, -0.2) is 4.39 Å². The first kappa shape index (κ1) is 17.4. The lowest BCUT2D eigenvalue weighted by atomic mass is 10.2. The van der Waals surface area contributed by atoms with Crippen LogP contribution in [0.1, 0.15) is 33.1 Å². The number of nitrogens with one attached hydrogen (secondary N) is 1. The van der Waals surface area contributed by atoms with E-state index < -0.39 is 5.82 Å². The molecule has 0 aliphatic heterocycles. The van der Waals surface area contributed by atoms with Crippen LogP contribution in [0.15, 0.2) is 18.2 Å². The maximum absolute atomic E-state index is 13.0. The summed E-state index contributed by atoms with van der Waals surface area (Å²) < 4.78 is 13.0. The zero-order chi connectivity index (χ0) is 15.8. The first-order chi connectivity index (χ1) is 9.93. The van der Waals surface area contributed by atoms with Crippen molar-refractivity contribution in [3.05, 3.63) is 29.0 Å². The highest BCUT2D eigenvalue weighted by Crippen LogP contribution is 2.19. The molecule has 0 bridgehead atoms. The van der Waals surface area contributed by atoms with Crippen LogP contribution < -0.4 is 5.32 Å². The van der Waals surface area contributed by atoms with Gasteiger partial charge in [0, 0.05) is 32.1 Å². The Balaban J connectivity index is 2.48. The molecule has 4 nitrogen and oxygen atoms in total. The summed E-state index contributed by atoms with van der Waals surface area (Å²) in [4.78, 5) is 24.9. The molecule has 6 heteroatoms. The van der Waals surface area contributed by atoms with Crippen molar-refractivity contribution in [1.82, 2.24) is 4.90 Å². The van der Waals surface area contributed by atoms with Crippen molar-refractivity contribution in [2.24, 2.45) is 0 Å². The Morgan fingerprint density at radius 2 is 2.05 bits per heavy atom. The summed E-state index contributed by atoms with van der Waals surface area (Å²) in [5.74, 6) is -0.807. The number of hydrogen-bond donors (Lipinski definition) is 1. The van der Waals surface area contributed by atoms with Crippen LogP contribution >= 0.6 is 11.6 Å². The number of hydrogen-bond acceptors (Lipinski definition) is 2. The summed E-state index contributed by atoms with van der Waals surface area (Å²) >= 11 is 5.64. The van der Waals surface area contributed by atoms with Crippen LogP contribution in [0.4, 0.5) is 10.1 Å². The quantitative estimate of drug-likeness (QED) is 0.838. The average Bonchev–Trinajstić information content (AvgIpc) is 2.42. The van der Waals surface area contributed by atoms with Crippen LogP contribution in [0.5, 0.6) is 0 Å². The largest absolute Gasteiger partial charge is 0.342 e. The van der Waals surface area contributed by atoms with E-state index in [0.717, 1.165) is 12.8 Å². The van der Waals surface area contributed by atoms with Gasteiger partial charge in [0.05, 0.1) is 5.02 Å². The smallest absolute Gasteiger partial charge is 0.226 e. The molecule has 0 atom stereocenters. The molecule has 0 aromatic heterocycles. The molecule has 0 unspecified atom stereocenters. The number of halogens is 2. The van der Waals surface area contributed by atoms with E-state index in [0.29, 0.717) is 18.8 Å². The van der Waals surface area contributed by atoms with Gasteiger partial charge in [-0.15, -0.1) is 0 Å². The molecule has 0 aliphatic carbocycles. The zero-order valence-corrected chi connectivity index (χ0v) is 13.0. The Hall–Kier alpha value is -1.62. The van der Waals surface area contributed by atoms with Gasteiger partial charge in [0.2, 0.25) is 11.8 Å². The fourth-order valence-corrected chi connectivity index (χ4v) is 1.99. The molecule has 0 radical (unpaired) electrons. The Kier molecular flexibility index (Phi) is 7.15. The van der Waals surface area contributed by atoms with Gasteiger partial charge in [-0.2, -0.15) is 0 Å². The Labute approximate surface area is 129 Å². The number of carbonyl (C=O) groups is 2. The summed E-state index contributed by atoms with van der Waals surface area (Å²) in [6, 6.07) is 3.99. The minimum absolute atomic E-state index is 0.0406. The number of rotatable bonds is 7. The Morgan fingerprint density at radius 1 is 1.33 bits per heavy atom. The van der Waals surface area contributed by atoms with Gasteiger partial charge in [-0.1, -0.05) is 24.9 Å². The normalized spacial score (nSPS) is 10.3. The molecule has 116 valence electrons. The average molecular weight is 315 g/mol. The van der Waals surface area contributed by atoms with Crippen molar-refractivity contribution >= 4 is 29.1 Å². The fourth-order valence-electron chi connectivity index (χ4n) is 1.81. The van der Waals surface area contributed by atoms with Crippen LogP contribution in [-0.4, -0.2) is 29.8 Å². The maximum Gasteiger partial charge on any atom is 0.226 e. The van der Waals surface area contributed by atoms with Crippen LogP contribution in [0.2, 0.25) is 5.02 Å². The van der Waals surface area contributed by atoms with Crippen LogP contribution in [0.3, 0.4) is 0 Å². The first-order valence-corrected chi connectivity index (χ1v) is 7.32. The van der Waals surface area contributed by atoms with Gasteiger partial charge in [0.15, 0.2) is 0 Å². The first-order valence-electron chi connectivity index (χ1n) is 6.94. The van der Waals surface area contributed by atoms with Crippen molar-refractivity contribution in [2.75, 3.05) is 18.4 Å². The number of benzene rings is 1. The Morgan fingerprint density at radius 3 is 2.62 bits per heavy atom. The lowest BCUT2D eigenvalue weighted by molar-refractivity contribution is -0.129. The van der Waals surface area contributed by atoms with Crippen molar-refractivity contribution in [3.8, 4) is 0 Å². The van der Waals surface area contributed by atoms with E-state index in [1.54, 1.807) is 4.90 Å². The molecule has 1 aromatic carbocycles. The van der Waals surface area contributed by atoms with E-state index in [2.05, 4.69) is 5.32 Å². The molecule has 0 spiro atoms. The number of amides is 2. The number of anilines is 1. The van der Waals surface area contributed by atoms with Gasteiger partial charge < -0.3 is 10.2 Å². The van der Waals surface area contributed by atoms with Crippen LogP contribution in [0, 0.1) is 5.82 Å². The molecule has 21 heavy (non-hydrogen) atoms. The topological polar surface area (TPSA) is 49.4 Å². The summed E-state index contributed by atoms with van der Waals surface area (Å²) in [5.41, 5.74) is 0.439. The molecule has 0 heterocycles. The molecular weight excluding hydrogens is 295 g/mol. The molecule has 1 rings (SSSR count). The molecule has 0 fully saturated rings. The lowest BCUT2D eigenvalue weighted by Gasteiger charge is -2.20. The van der Waals surface area contributed by atoms with Crippen LogP contribution in [0.25, 0.3) is 0 Å². The highest BCUT2D eigenvalue weighted by Gasteiger charge is 2.11. The monoisotopic (exact) mass is 314 g/mol. The highest BCUT2D eigenvalue weighted by molar-refractivity contribution is 6.31. The van der Waals surface area contributed by atoms with Crippen molar-refractivity contribution < 1.29 is 14.0 Å². The van der Waals surface area contributed by atoms with Crippen molar-refractivity contribution in [3.63, 3.8) is 0 Å². The molecule has 2 amide bonds. The highest BCUT2D eigenvalue weighted by atomic mass is 35.5. The summed E-state index contributed by atoms with van der Waals surface area (Å²) in [5, 5.41) is 2.59. The third-order valence-corrected chi connectivity index (χ3v) is 3.33. The van der Waals surface area contributed by atoms with Gasteiger partial charge in [0.25, 0.3) is 0 Å². The molecular formula is C15H20ClFN2O2. The van der Waals surface area contributed by atoms with Gasteiger partial charge >= 0.3 is 0 Å². The Bertz CT molecular complexity index is 508. The lowest BCUT2D eigenvalue weighted by Crippen LogP contribution is -2.32. The van der Waals surface area contributed by atoms with E-state index in [9.17, 15) is 14.0 Å². The summed E-state index contributed by atoms with van der Waals surface area (Å²) in [6.07, 6.45) is 2.09. The summed E-state index contributed by atoms with van der Waals surface area (Å²) in [7, 11) is 0. The van der Waals surface area contributed by atoms with Crippen molar-refractivity contribution in [1.29, 1.82) is 0 Å². The SMILES string of the molecule is CCCCN(CCC(=O)Nc1ccc(F)c(Cl)c1)C(C)=O. The van der Waals surface area contributed by atoms with E-state index in [4.69, 9.17) is 11.6 Å². The number of nitrogens with zero attached hydrogens (tertiary/aromatic N) is 1. The van der Waals surface area contributed by atoms with Gasteiger partial charge in [-0.05, 0) is 24.6 Å². The number of carbonyl (C=O) groups excluding carboxylic acids is 2. The minimum atomic E-state index is -0.531. The van der Waals surface area contributed by atoms with E-state index in [1.807, 2.05) is 6.92 Å². The molecule has 1 aromatic rings. The number of unbranched alkanes of at least 4 members (excludes halogenated alkanes) is 1. The molecule has 0 saturated carbocycles. The fraction of sp³-hybridized carbons (Fsp3) is 0.467. The van der Waals surface area contributed by atoms with Gasteiger partial charge in [-0.3, -0.25) is 9.59 Å². The third-order valence-electron chi connectivity index (χ3n) is 3.04. The molecule has 0 aliphatic rings. The predicted molar refractivity (Wildman–Crippen MR) is 81.8 cm³/mol. The zero-order valence-electron chi connectivity index (χ0n) is 12.3. The second-order valence-corrected chi connectivity index (χ2v) is 5.19. The van der Waals surface area contributed by atoms with E-state index in [1.165, 1.54) is 25.1 Å². The second kappa shape index (κ2) is 8.62.